The predicted octanol–water partition coefficient (Wildman–Crippen LogP) is 3.84. The van der Waals surface area contributed by atoms with Gasteiger partial charge in [-0.3, -0.25) is 4.79 Å². The molecule has 2 atom stereocenters. The van der Waals surface area contributed by atoms with E-state index in [0.29, 0.717) is 15.2 Å². The van der Waals surface area contributed by atoms with Crippen LogP contribution in [0.1, 0.15) is 5.56 Å². The lowest BCUT2D eigenvalue weighted by atomic mass is 10.1. The Kier molecular flexibility index (Phi) is 5.44. The van der Waals surface area contributed by atoms with Crippen LogP contribution in [0.25, 0.3) is 0 Å². The number of aliphatic imine (C=N–C) groups is 1. The molecule has 2 fully saturated rings. The number of fused-ring (bicyclic) bond motifs is 1. The zero-order valence-corrected chi connectivity index (χ0v) is 17.7. The third kappa shape index (κ3) is 4.22. The summed E-state index contributed by atoms with van der Waals surface area (Å²) >= 11 is 13.2. The number of amidine groups is 1. The molecule has 2 aliphatic rings. The molecule has 0 radical (unpaired) electrons. The molecule has 0 unspecified atom stereocenters. The van der Waals surface area contributed by atoms with Gasteiger partial charge in [0.2, 0.25) is 0 Å². The first kappa shape index (κ1) is 19.8. The van der Waals surface area contributed by atoms with Crippen LogP contribution in [0.2, 0.25) is 10.0 Å². The first-order valence-electron chi connectivity index (χ1n) is 8.58. The Hall–Kier alpha value is -1.54. The third-order valence-corrected chi connectivity index (χ3v) is 8.37. The van der Waals surface area contributed by atoms with E-state index in [1.165, 1.54) is 11.8 Å². The maximum Gasteiger partial charge on any atom is 0.252 e. The van der Waals surface area contributed by atoms with Crippen molar-refractivity contribution in [3.8, 4) is 0 Å². The predicted molar refractivity (Wildman–Crippen MR) is 115 cm³/mol. The van der Waals surface area contributed by atoms with Crippen LogP contribution >= 0.6 is 35.0 Å². The second-order valence-electron chi connectivity index (χ2n) is 6.74. The molecule has 146 valence electrons. The molecule has 2 heterocycles. The Balaban J connectivity index is 1.62. The molecule has 5 nitrogen and oxygen atoms in total. The Bertz CT molecular complexity index is 1040. The largest absolute Gasteiger partial charge is 0.316 e. The highest BCUT2D eigenvalue weighted by Crippen LogP contribution is 2.41. The summed E-state index contributed by atoms with van der Waals surface area (Å²) < 4.78 is 24.2. The Morgan fingerprint density at radius 3 is 2.29 bits per heavy atom. The Morgan fingerprint density at radius 2 is 1.64 bits per heavy atom. The maximum absolute atomic E-state index is 12.5. The number of rotatable bonds is 3. The van der Waals surface area contributed by atoms with E-state index in [1.54, 1.807) is 36.4 Å². The fourth-order valence-corrected chi connectivity index (χ4v) is 7.57. The van der Waals surface area contributed by atoms with Crippen LogP contribution in [0.4, 0.5) is 5.69 Å². The molecule has 0 saturated carbocycles. The van der Waals surface area contributed by atoms with E-state index >= 15 is 0 Å². The molecule has 2 aromatic rings. The number of anilines is 1. The third-order valence-electron chi connectivity index (χ3n) is 4.66. The first-order chi connectivity index (χ1) is 13.3. The molecule has 9 heteroatoms. The van der Waals surface area contributed by atoms with Crippen LogP contribution in [0.15, 0.2) is 53.5 Å². The lowest BCUT2D eigenvalue weighted by molar-refractivity contribution is -0.117. The number of thioether (sulfide) groups is 1. The number of halogens is 2. The summed E-state index contributed by atoms with van der Waals surface area (Å²) in [5, 5.41) is 1.59. The smallest absolute Gasteiger partial charge is 0.252 e. The van der Waals surface area contributed by atoms with E-state index in [2.05, 4.69) is 4.99 Å². The standard InChI is InChI=1S/C19H16Cl2N2O3S2/c20-13-3-1-12(2-4-13)9-18(24)22-19-23(15-7-5-14(21)6-8-15)16-10-28(25,26)11-17(16)27-19/h1-8,16-17H,9-11H2/t16-,17+/m1/s1. The lowest BCUT2D eigenvalue weighted by Crippen LogP contribution is -2.37. The van der Waals surface area contributed by atoms with Crippen molar-refractivity contribution >= 4 is 61.6 Å². The molecule has 2 aromatic carbocycles. The number of carbonyl (C=O) groups is 1. The zero-order valence-electron chi connectivity index (χ0n) is 14.6. The van der Waals surface area contributed by atoms with Crippen molar-refractivity contribution in [3.63, 3.8) is 0 Å². The van der Waals surface area contributed by atoms with Gasteiger partial charge in [0.25, 0.3) is 5.91 Å². The number of benzene rings is 2. The van der Waals surface area contributed by atoms with Crippen LogP contribution in [-0.2, 0) is 21.1 Å². The molecule has 0 bridgehead atoms. The van der Waals surface area contributed by atoms with Gasteiger partial charge in [-0.05, 0) is 42.0 Å². The van der Waals surface area contributed by atoms with Gasteiger partial charge in [0.1, 0.15) is 0 Å². The van der Waals surface area contributed by atoms with E-state index in [4.69, 9.17) is 23.2 Å². The molecule has 0 aromatic heterocycles. The Morgan fingerprint density at radius 1 is 1.04 bits per heavy atom. The number of nitrogens with zero attached hydrogens (tertiary/aromatic N) is 2. The highest BCUT2D eigenvalue weighted by atomic mass is 35.5. The highest BCUT2D eigenvalue weighted by molar-refractivity contribution is 8.16. The molecule has 2 saturated heterocycles. The first-order valence-corrected chi connectivity index (χ1v) is 12.0. The number of hydrogen-bond donors (Lipinski definition) is 0. The van der Waals surface area contributed by atoms with Crippen molar-refractivity contribution in [2.75, 3.05) is 16.4 Å². The lowest BCUT2D eigenvalue weighted by Gasteiger charge is -2.24. The maximum atomic E-state index is 12.5. The summed E-state index contributed by atoms with van der Waals surface area (Å²) in [6, 6.07) is 13.9. The molecule has 0 spiro atoms. The number of hydrogen-bond acceptors (Lipinski definition) is 4. The average Bonchev–Trinajstić information content (AvgIpc) is 3.09. The fourth-order valence-electron chi connectivity index (χ4n) is 3.39. The minimum absolute atomic E-state index is 0.0533. The quantitative estimate of drug-likeness (QED) is 0.704. The van der Waals surface area contributed by atoms with E-state index in [9.17, 15) is 13.2 Å². The number of carbonyl (C=O) groups excluding carboxylic acids is 1. The summed E-state index contributed by atoms with van der Waals surface area (Å²) in [7, 11) is -3.10. The van der Waals surface area contributed by atoms with Gasteiger partial charge < -0.3 is 4.90 Å². The van der Waals surface area contributed by atoms with Crippen molar-refractivity contribution in [3.05, 3.63) is 64.1 Å². The van der Waals surface area contributed by atoms with Crippen molar-refractivity contribution in [1.29, 1.82) is 0 Å². The van der Waals surface area contributed by atoms with Crippen molar-refractivity contribution in [2.24, 2.45) is 4.99 Å². The van der Waals surface area contributed by atoms with Crippen LogP contribution in [0.3, 0.4) is 0 Å². The van der Waals surface area contributed by atoms with Crippen LogP contribution in [0, 0.1) is 0 Å². The van der Waals surface area contributed by atoms with E-state index in [-0.39, 0.29) is 35.1 Å². The molecule has 28 heavy (non-hydrogen) atoms. The van der Waals surface area contributed by atoms with Gasteiger partial charge in [-0.25, -0.2) is 8.42 Å². The van der Waals surface area contributed by atoms with E-state index < -0.39 is 9.84 Å². The number of sulfone groups is 1. The van der Waals surface area contributed by atoms with Crippen LogP contribution in [0.5, 0.6) is 0 Å². The van der Waals surface area contributed by atoms with Gasteiger partial charge in [-0.2, -0.15) is 4.99 Å². The van der Waals surface area contributed by atoms with Gasteiger partial charge in [-0.15, -0.1) is 0 Å². The highest BCUT2D eigenvalue weighted by Gasteiger charge is 2.49. The second-order valence-corrected chi connectivity index (χ2v) is 11.0. The van der Waals surface area contributed by atoms with Gasteiger partial charge >= 0.3 is 0 Å². The van der Waals surface area contributed by atoms with Crippen molar-refractivity contribution in [2.45, 2.75) is 17.7 Å². The molecule has 2 aliphatic heterocycles. The number of amides is 1. The second kappa shape index (κ2) is 7.71. The summed E-state index contributed by atoms with van der Waals surface area (Å²) in [6.45, 7) is 0. The van der Waals surface area contributed by atoms with Gasteiger partial charge in [-0.1, -0.05) is 47.1 Å². The molecule has 0 N–H and O–H groups in total. The Labute approximate surface area is 177 Å². The van der Waals surface area contributed by atoms with Crippen molar-refractivity contribution in [1.82, 2.24) is 0 Å². The summed E-state index contributed by atoms with van der Waals surface area (Å²) in [5.74, 6) is -0.138. The van der Waals surface area contributed by atoms with E-state index in [1.807, 2.05) is 17.0 Å². The summed E-state index contributed by atoms with van der Waals surface area (Å²) in [4.78, 5) is 18.7. The molecule has 4 rings (SSSR count). The topological polar surface area (TPSA) is 66.8 Å². The minimum Gasteiger partial charge on any atom is -0.316 e. The SMILES string of the molecule is O=C(Cc1ccc(Cl)cc1)N=C1S[C@H]2CS(=O)(=O)C[C@H]2N1c1ccc(Cl)cc1. The normalized spacial score (nSPS) is 24.5. The monoisotopic (exact) mass is 454 g/mol. The molecule has 0 aliphatic carbocycles. The molecular weight excluding hydrogens is 439 g/mol. The van der Waals surface area contributed by atoms with E-state index in [0.717, 1.165) is 11.3 Å². The van der Waals surface area contributed by atoms with Gasteiger partial charge in [0.05, 0.1) is 24.0 Å². The van der Waals surface area contributed by atoms with Crippen molar-refractivity contribution < 1.29 is 13.2 Å². The van der Waals surface area contributed by atoms with Crippen LogP contribution in [-0.4, -0.2) is 42.3 Å². The summed E-state index contributed by atoms with van der Waals surface area (Å²) in [6.07, 6.45) is 0.156. The van der Waals surface area contributed by atoms with Gasteiger partial charge in [0, 0.05) is 21.0 Å². The van der Waals surface area contributed by atoms with Crippen LogP contribution < -0.4 is 4.90 Å². The minimum atomic E-state index is -3.10. The average molecular weight is 455 g/mol. The molecule has 1 amide bonds. The zero-order chi connectivity index (χ0) is 19.9. The van der Waals surface area contributed by atoms with Gasteiger partial charge in [0.15, 0.2) is 15.0 Å². The molecular formula is C19H16Cl2N2O3S2. The summed E-state index contributed by atoms with van der Waals surface area (Å²) in [5.41, 5.74) is 1.60. The fraction of sp³-hybridized carbons (Fsp3) is 0.263.